The van der Waals surface area contributed by atoms with Crippen molar-refractivity contribution in [2.75, 3.05) is 12.8 Å². The molecule has 8 nitrogen and oxygen atoms in total. The Bertz CT molecular complexity index is 1370. The summed E-state index contributed by atoms with van der Waals surface area (Å²) in [5, 5.41) is 7.21. The molecule has 0 saturated carbocycles. The van der Waals surface area contributed by atoms with Crippen molar-refractivity contribution in [3.8, 4) is 22.7 Å². The zero-order valence-corrected chi connectivity index (χ0v) is 18.3. The minimum absolute atomic E-state index is 0.000443. The van der Waals surface area contributed by atoms with E-state index in [4.69, 9.17) is 16.2 Å². The molecule has 4 aromatic rings. The largest absolute Gasteiger partial charge is 0.496 e. The van der Waals surface area contributed by atoms with Crippen molar-refractivity contribution in [3.05, 3.63) is 95.3 Å². The van der Waals surface area contributed by atoms with Gasteiger partial charge < -0.3 is 21.5 Å². The lowest BCUT2D eigenvalue weighted by Crippen LogP contribution is -2.23. The molecule has 1 heterocycles. The molecular weight excluding hydrogens is 437 g/mol. The molecule has 0 aliphatic heterocycles. The van der Waals surface area contributed by atoms with Gasteiger partial charge in [0.1, 0.15) is 34.3 Å². The van der Waals surface area contributed by atoms with Gasteiger partial charge in [-0.05, 0) is 29.8 Å². The molecule has 9 heteroatoms. The zero-order valence-electron chi connectivity index (χ0n) is 18.3. The number of amides is 2. The molecule has 0 atom stereocenters. The summed E-state index contributed by atoms with van der Waals surface area (Å²) < 4.78 is 20.7. The summed E-state index contributed by atoms with van der Waals surface area (Å²) in [7, 11) is 1.51. The van der Waals surface area contributed by atoms with E-state index in [0.29, 0.717) is 16.9 Å². The normalized spacial score (nSPS) is 10.6. The van der Waals surface area contributed by atoms with Crippen LogP contribution in [0.1, 0.15) is 26.3 Å². The minimum Gasteiger partial charge on any atom is -0.496 e. The first kappa shape index (κ1) is 22.5. The number of hydrogen-bond acceptors (Lipinski definition) is 5. The minimum atomic E-state index is -0.775. The molecule has 34 heavy (non-hydrogen) atoms. The van der Waals surface area contributed by atoms with Crippen molar-refractivity contribution in [2.45, 2.75) is 6.54 Å². The Morgan fingerprint density at radius 2 is 1.71 bits per heavy atom. The number of nitrogens with zero attached hydrogens (tertiary/aromatic N) is 2. The van der Waals surface area contributed by atoms with Crippen molar-refractivity contribution >= 4 is 17.6 Å². The van der Waals surface area contributed by atoms with Crippen molar-refractivity contribution in [3.63, 3.8) is 0 Å². The number of benzene rings is 3. The first-order valence-electron chi connectivity index (χ1n) is 10.3. The predicted molar refractivity (Wildman–Crippen MR) is 126 cm³/mol. The molecule has 0 spiro atoms. The number of rotatable bonds is 7. The molecule has 3 aromatic carbocycles. The standard InChI is InChI=1S/C25H22FN5O3/c1-34-20-9-5-2-6-17(20)25(33)29-14-15-10-12-16(13-11-15)22-21(24(28)32)23(27)31(30-22)19-8-4-3-7-18(19)26/h2-13H,14,27H2,1H3,(H2,28,32)(H,29,33). The van der Waals surface area contributed by atoms with Crippen LogP contribution in [0, 0.1) is 5.82 Å². The molecule has 1 aromatic heterocycles. The highest BCUT2D eigenvalue weighted by Gasteiger charge is 2.23. The third-order valence-electron chi connectivity index (χ3n) is 5.28. The average molecular weight is 459 g/mol. The number of nitrogen functional groups attached to an aromatic ring is 1. The van der Waals surface area contributed by atoms with Gasteiger partial charge >= 0.3 is 0 Å². The van der Waals surface area contributed by atoms with Crippen LogP contribution in [0.4, 0.5) is 10.2 Å². The second-order valence-corrected chi connectivity index (χ2v) is 7.42. The summed E-state index contributed by atoms with van der Waals surface area (Å²) in [6, 6.07) is 19.9. The van der Waals surface area contributed by atoms with E-state index in [2.05, 4.69) is 10.4 Å². The maximum Gasteiger partial charge on any atom is 0.255 e. The number of nitrogens with two attached hydrogens (primary N) is 2. The van der Waals surface area contributed by atoms with Gasteiger partial charge in [0.2, 0.25) is 0 Å². The molecule has 0 aliphatic carbocycles. The lowest BCUT2D eigenvalue weighted by Gasteiger charge is -2.09. The van der Waals surface area contributed by atoms with Gasteiger partial charge in [-0.25, -0.2) is 9.07 Å². The highest BCUT2D eigenvalue weighted by Crippen LogP contribution is 2.30. The van der Waals surface area contributed by atoms with Gasteiger partial charge in [0.05, 0.1) is 12.7 Å². The maximum absolute atomic E-state index is 14.3. The topological polar surface area (TPSA) is 125 Å². The Hall–Kier alpha value is -4.66. The smallest absolute Gasteiger partial charge is 0.255 e. The van der Waals surface area contributed by atoms with Crippen LogP contribution < -0.4 is 21.5 Å². The number of para-hydroxylation sites is 2. The van der Waals surface area contributed by atoms with Gasteiger partial charge in [0, 0.05) is 12.1 Å². The average Bonchev–Trinajstić information content (AvgIpc) is 3.20. The van der Waals surface area contributed by atoms with Crippen LogP contribution in [0.2, 0.25) is 0 Å². The molecule has 0 fully saturated rings. The monoisotopic (exact) mass is 459 g/mol. The molecule has 0 bridgehead atoms. The van der Waals surface area contributed by atoms with E-state index in [9.17, 15) is 14.0 Å². The summed E-state index contributed by atoms with van der Waals surface area (Å²) >= 11 is 0. The highest BCUT2D eigenvalue weighted by atomic mass is 19.1. The van der Waals surface area contributed by atoms with Crippen molar-refractivity contribution in [1.82, 2.24) is 15.1 Å². The Morgan fingerprint density at radius 1 is 1.03 bits per heavy atom. The molecule has 5 N–H and O–H groups in total. The number of nitrogens with one attached hydrogen (secondary N) is 1. The van der Waals surface area contributed by atoms with Crippen LogP contribution in [0.25, 0.3) is 16.9 Å². The fourth-order valence-electron chi connectivity index (χ4n) is 3.57. The second kappa shape index (κ2) is 9.45. The van der Waals surface area contributed by atoms with E-state index in [1.807, 2.05) is 0 Å². The van der Waals surface area contributed by atoms with E-state index in [1.165, 1.54) is 19.2 Å². The fraction of sp³-hybridized carbons (Fsp3) is 0.0800. The molecule has 4 rings (SSSR count). The molecule has 0 aliphatic rings. The number of carbonyl (C=O) groups excluding carboxylic acids is 2. The number of methoxy groups -OCH3 is 1. The summed E-state index contributed by atoms with van der Waals surface area (Å²) in [4.78, 5) is 24.6. The van der Waals surface area contributed by atoms with Gasteiger partial charge in [0.25, 0.3) is 11.8 Å². The Morgan fingerprint density at radius 3 is 2.38 bits per heavy atom. The summed E-state index contributed by atoms with van der Waals surface area (Å²) in [6.45, 7) is 0.269. The molecule has 0 unspecified atom stereocenters. The van der Waals surface area contributed by atoms with Crippen LogP contribution in [0.15, 0.2) is 72.8 Å². The van der Waals surface area contributed by atoms with Crippen LogP contribution in [0.5, 0.6) is 5.75 Å². The van der Waals surface area contributed by atoms with Crippen LogP contribution in [-0.2, 0) is 6.54 Å². The van der Waals surface area contributed by atoms with E-state index in [1.54, 1.807) is 60.7 Å². The molecule has 172 valence electrons. The Balaban J connectivity index is 1.58. The molecule has 0 saturated heterocycles. The van der Waals surface area contributed by atoms with E-state index < -0.39 is 11.7 Å². The number of ether oxygens (including phenoxy) is 1. The van der Waals surface area contributed by atoms with Crippen LogP contribution >= 0.6 is 0 Å². The summed E-state index contributed by atoms with van der Waals surface area (Å²) in [5.74, 6) is -1.16. The van der Waals surface area contributed by atoms with Crippen LogP contribution in [-0.4, -0.2) is 28.7 Å². The first-order chi connectivity index (χ1) is 16.4. The van der Waals surface area contributed by atoms with Gasteiger partial charge in [0.15, 0.2) is 0 Å². The number of carbonyl (C=O) groups is 2. The lowest BCUT2D eigenvalue weighted by molar-refractivity contribution is 0.0946. The number of primary amides is 1. The van der Waals surface area contributed by atoms with Gasteiger partial charge in [-0.15, -0.1) is 0 Å². The summed E-state index contributed by atoms with van der Waals surface area (Å²) in [5.41, 5.74) is 13.8. The second-order valence-electron chi connectivity index (χ2n) is 7.42. The predicted octanol–water partition coefficient (Wildman–Crippen LogP) is 3.30. The maximum atomic E-state index is 14.3. The van der Waals surface area contributed by atoms with Crippen molar-refractivity contribution in [2.24, 2.45) is 5.73 Å². The molecule has 0 radical (unpaired) electrons. The van der Waals surface area contributed by atoms with Gasteiger partial charge in [-0.1, -0.05) is 48.5 Å². The number of anilines is 1. The lowest BCUT2D eigenvalue weighted by atomic mass is 10.0. The van der Waals surface area contributed by atoms with E-state index in [0.717, 1.165) is 10.2 Å². The van der Waals surface area contributed by atoms with Crippen LogP contribution in [0.3, 0.4) is 0 Å². The van der Waals surface area contributed by atoms with Gasteiger partial charge in [-0.2, -0.15) is 5.10 Å². The van der Waals surface area contributed by atoms with E-state index in [-0.39, 0.29) is 35.2 Å². The third-order valence-corrected chi connectivity index (χ3v) is 5.28. The number of halogens is 1. The fourth-order valence-corrected chi connectivity index (χ4v) is 3.57. The highest BCUT2D eigenvalue weighted by molar-refractivity contribution is 6.03. The number of aromatic nitrogens is 2. The van der Waals surface area contributed by atoms with E-state index >= 15 is 0 Å². The SMILES string of the molecule is COc1ccccc1C(=O)NCc1ccc(-c2nn(-c3ccccc3F)c(N)c2C(N)=O)cc1. The van der Waals surface area contributed by atoms with Crippen molar-refractivity contribution < 1.29 is 18.7 Å². The summed E-state index contributed by atoms with van der Waals surface area (Å²) in [6.07, 6.45) is 0. The van der Waals surface area contributed by atoms with Gasteiger partial charge in [-0.3, -0.25) is 9.59 Å². The third kappa shape index (κ3) is 4.31. The number of hydrogen-bond donors (Lipinski definition) is 3. The first-order valence-corrected chi connectivity index (χ1v) is 10.3. The zero-order chi connectivity index (χ0) is 24.2. The Labute approximate surface area is 195 Å². The Kier molecular flexibility index (Phi) is 6.26. The van der Waals surface area contributed by atoms with Crippen molar-refractivity contribution in [1.29, 1.82) is 0 Å². The molecular formula is C25H22FN5O3. The quantitative estimate of drug-likeness (QED) is 0.391. The molecule has 2 amide bonds.